The highest BCUT2D eigenvalue weighted by atomic mass is 16.5. The Morgan fingerprint density at radius 1 is 0.958 bits per heavy atom. The lowest BCUT2D eigenvalue weighted by molar-refractivity contribution is -0.119. The van der Waals surface area contributed by atoms with Crippen molar-refractivity contribution in [3.8, 4) is 0 Å². The van der Waals surface area contributed by atoms with Crippen LogP contribution in [-0.2, 0) is 9.53 Å². The predicted molar refractivity (Wildman–Crippen MR) is 94.0 cm³/mol. The van der Waals surface area contributed by atoms with Crippen LogP contribution in [0.15, 0.2) is 66.7 Å². The number of fused-ring (bicyclic) bond motifs is 1. The number of anilines is 1. The highest BCUT2D eigenvalue weighted by molar-refractivity contribution is 6.05. The first-order valence-corrected chi connectivity index (χ1v) is 7.65. The zero-order valence-electron chi connectivity index (χ0n) is 13.3. The largest absolute Gasteiger partial charge is 0.452 e. The molecule has 0 aliphatic carbocycles. The molecule has 0 fully saturated rings. The van der Waals surface area contributed by atoms with Crippen molar-refractivity contribution < 1.29 is 14.3 Å². The molecule has 0 heterocycles. The van der Waals surface area contributed by atoms with Gasteiger partial charge in [0.25, 0.3) is 5.91 Å². The van der Waals surface area contributed by atoms with Gasteiger partial charge in [-0.05, 0) is 41.5 Å². The van der Waals surface area contributed by atoms with Gasteiger partial charge in [0.1, 0.15) is 0 Å². The Morgan fingerprint density at radius 3 is 2.54 bits per heavy atom. The van der Waals surface area contributed by atoms with Gasteiger partial charge in [0.05, 0.1) is 5.56 Å². The summed E-state index contributed by atoms with van der Waals surface area (Å²) in [5.74, 6) is -0.875. The van der Waals surface area contributed by atoms with Crippen LogP contribution in [0.4, 0.5) is 5.69 Å². The maximum Gasteiger partial charge on any atom is 0.339 e. The molecular weight excluding hydrogens is 302 g/mol. The molecule has 24 heavy (non-hydrogen) atoms. The Bertz CT molecular complexity index is 897. The van der Waals surface area contributed by atoms with Crippen LogP contribution in [0.25, 0.3) is 10.8 Å². The van der Waals surface area contributed by atoms with E-state index in [9.17, 15) is 9.59 Å². The number of hydrogen-bond acceptors (Lipinski definition) is 3. The summed E-state index contributed by atoms with van der Waals surface area (Å²) in [6.45, 7) is 1.62. The number of nitrogens with one attached hydrogen (secondary N) is 1. The van der Waals surface area contributed by atoms with Crippen molar-refractivity contribution in [2.45, 2.75) is 6.92 Å². The van der Waals surface area contributed by atoms with Gasteiger partial charge < -0.3 is 10.1 Å². The molecule has 1 N–H and O–H groups in total. The van der Waals surface area contributed by atoms with Gasteiger partial charge >= 0.3 is 5.97 Å². The molecule has 0 spiro atoms. The minimum absolute atomic E-state index is 0.323. The fourth-order valence-corrected chi connectivity index (χ4v) is 2.53. The van der Waals surface area contributed by atoms with Crippen molar-refractivity contribution >= 4 is 28.3 Å². The van der Waals surface area contributed by atoms with Crippen LogP contribution in [0.5, 0.6) is 0 Å². The summed E-state index contributed by atoms with van der Waals surface area (Å²) >= 11 is 0. The Labute approximate surface area is 140 Å². The van der Waals surface area contributed by atoms with E-state index >= 15 is 0 Å². The molecule has 3 aromatic carbocycles. The lowest BCUT2D eigenvalue weighted by Gasteiger charge is -2.08. The maximum atomic E-state index is 12.3. The Balaban J connectivity index is 1.65. The first kappa shape index (κ1) is 15.7. The van der Waals surface area contributed by atoms with E-state index in [1.165, 1.54) is 0 Å². The summed E-state index contributed by atoms with van der Waals surface area (Å²) < 4.78 is 5.15. The highest BCUT2D eigenvalue weighted by Crippen LogP contribution is 2.19. The molecule has 0 aliphatic rings. The van der Waals surface area contributed by atoms with Crippen molar-refractivity contribution in [2.75, 3.05) is 11.9 Å². The van der Waals surface area contributed by atoms with E-state index in [-0.39, 0.29) is 12.5 Å². The van der Waals surface area contributed by atoms with Gasteiger partial charge in [0.2, 0.25) is 0 Å². The number of rotatable bonds is 4. The fourth-order valence-electron chi connectivity index (χ4n) is 2.53. The molecule has 0 bridgehead atoms. The molecule has 0 atom stereocenters. The predicted octanol–water partition coefficient (Wildman–Crippen LogP) is 3.94. The fraction of sp³-hybridized carbons (Fsp3) is 0.100. The van der Waals surface area contributed by atoms with Crippen molar-refractivity contribution in [2.24, 2.45) is 0 Å². The molecule has 4 heteroatoms. The Morgan fingerprint density at radius 2 is 1.71 bits per heavy atom. The Hall–Kier alpha value is -3.14. The summed E-state index contributed by atoms with van der Waals surface area (Å²) in [7, 11) is 0. The molecular formula is C20H17NO3. The second kappa shape index (κ2) is 6.96. The highest BCUT2D eigenvalue weighted by Gasteiger charge is 2.13. The van der Waals surface area contributed by atoms with E-state index in [1.54, 1.807) is 18.2 Å². The molecule has 4 nitrogen and oxygen atoms in total. The third-order valence-electron chi connectivity index (χ3n) is 3.65. The number of amides is 1. The zero-order chi connectivity index (χ0) is 16.9. The van der Waals surface area contributed by atoms with Crippen molar-refractivity contribution in [3.63, 3.8) is 0 Å². The summed E-state index contributed by atoms with van der Waals surface area (Å²) in [5, 5.41) is 4.47. The third-order valence-corrected chi connectivity index (χ3v) is 3.65. The van der Waals surface area contributed by atoms with Crippen LogP contribution in [0.2, 0.25) is 0 Å². The van der Waals surface area contributed by atoms with E-state index in [1.807, 2.05) is 55.5 Å². The number of carbonyl (C=O) groups is 2. The number of ether oxygens (including phenoxy) is 1. The first-order chi connectivity index (χ1) is 11.6. The van der Waals surface area contributed by atoms with Crippen LogP contribution >= 0.6 is 0 Å². The van der Waals surface area contributed by atoms with Gasteiger partial charge in [-0.15, -0.1) is 0 Å². The summed E-state index contributed by atoms with van der Waals surface area (Å²) in [5.41, 5.74) is 2.18. The van der Waals surface area contributed by atoms with Crippen molar-refractivity contribution in [1.82, 2.24) is 0 Å². The average molecular weight is 319 g/mol. The van der Waals surface area contributed by atoms with Gasteiger partial charge in [0, 0.05) is 5.69 Å². The molecule has 0 unspecified atom stereocenters. The molecule has 1 amide bonds. The second-order valence-electron chi connectivity index (χ2n) is 5.52. The monoisotopic (exact) mass is 319 g/mol. The van der Waals surface area contributed by atoms with Gasteiger partial charge in [-0.2, -0.15) is 0 Å². The Kier molecular flexibility index (Phi) is 4.57. The molecule has 0 saturated heterocycles. The molecule has 3 aromatic rings. The van der Waals surface area contributed by atoms with Gasteiger partial charge in [-0.1, -0.05) is 48.5 Å². The smallest absolute Gasteiger partial charge is 0.339 e. The zero-order valence-corrected chi connectivity index (χ0v) is 13.3. The topological polar surface area (TPSA) is 55.4 Å². The van der Waals surface area contributed by atoms with Crippen LogP contribution < -0.4 is 5.32 Å². The third kappa shape index (κ3) is 3.60. The summed E-state index contributed by atoms with van der Waals surface area (Å²) in [6, 6.07) is 20.4. The first-order valence-electron chi connectivity index (χ1n) is 7.65. The van der Waals surface area contributed by atoms with E-state index in [4.69, 9.17) is 4.74 Å². The van der Waals surface area contributed by atoms with Crippen molar-refractivity contribution in [1.29, 1.82) is 0 Å². The maximum absolute atomic E-state index is 12.3. The standard InChI is InChI=1S/C20H17NO3/c1-14-6-4-9-16(12-14)21-19(22)13-24-20(23)18-11-5-8-15-7-2-3-10-17(15)18/h2-12H,13H2,1H3,(H,21,22). The molecule has 120 valence electrons. The SMILES string of the molecule is Cc1cccc(NC(=O)COC(=O)c2cccc3ccccc23)c1. The second-order valence-corrected chi connectivity index (χ2v) is 5.52. The van der Waals surface area contributed by atoms with Crippen LogP contribution in [0.1, 0.15) is 15.9 Å². The molecule has 0 saturated carbocycles. The molecule has 3 rings (SSSR count). The summed E-state index contributed by atoms with van der Waals surface area (Å²) in [6.07, 6.45) is 0. The van der Waals surface area contributed by atoms with Crippen molar-refractivity contribution in [3.05, 3.63) is 77.9 Å². The number of aryl methyl sites for hydroxylation is 1. The lowest BCUT2D eigenvalue weighted by Crippen LogP contribution is -2.21. The molecule has 0 aliphatic heterocycles. The van der Waals surface area contributed by atoms with Crippen LogP contribution in [0.3, 0.4) is 0 Å². The van der Waals surface area contributed by atoms with Crippen LogP contribution in [0, 0.1) is 6.92 Å². The van der Waals surface area contributed by atoms with E-state index in [2.05, 4.69) is 5.32 Å². The van der Waals surface area contributed by atoms with Gasteiger partial charge in [-0.25, -0.2) is 4.79 Å². The van der Waals surface area contributed by atoms with Gasteiger partial charge in [0.15, 0.2) is 6.61 Å². The number of hydrogen-bond donors (Lipinski definition) is 1. The normalized spacial score (nSPS) is 10.4. The van der Waals surface area contributed by atoms with E-state index < -0.39 is 5.97 Å². The number of carbonyl (C=O) groups excluding carboxylic acids is 2. The molecule has 0 radical (unpaired) electrons. The number of benzene rings is 3. The molecule has 0 aromatic heterocycles. The minimum Gasteiger partial charge on any atom is -0.452 e. The minimum atomic E-state index is -0.508. The number of esters is 1. The average Bonchev–Trinajstić information content (AvgIpc) is 2.59. The van der Waals surface area contributed by atoms with E-state index in [0.29, 0.717) is 11.3 Å². The van der Waals surface area contributed by atoms with Crippen LogP contribution in [-0.4, -0.2) is 18.5 Å². The quantitative estimate of drug-likeness (QED) is 0.741. The van der Waals surface area contributed by atoms with E-state index in [0.717, 1.165) is 16.3 Å². The van der Waals surface area contributed by atoms with Gasteiger partial charge in [-0.3, -0.25) is 4.79 Å². The lowest BCUT2D eigenvalue weighted by atomic mass is 10.1. The summed E-state index contributed by atoms with van der Waals surface area (Å²) in [4.78, 5) is 24.2.